The van der Waals surface area contributed by atoms with Crippen molar-refractivity contribution in [1.82, 2.24) is 0 Å². The third-order valence-corrected chi connectivity index (χ3v) is 3.32. The van der Waals surface area contributed by atoms with Crippen LogP contribution in [0.25, 0.3) is 21.9 Å². The summed E-state index contributed by atoms with van der Waals surface area (Å²) in [5.41, 5.74) is 0.932. The Balaban J connectivity index is 2.44. The molecule has 1 aromatic heterocycles. The molecule has 100 valence electrons. The van der Waals surface area contributed by atoms with Crippen molar-refractivity contribution in [2.75, 3.05) is 0 Å². The first-order valence-corrected chi connectivity index (χ1v) is 6.30. The lowest BCUT2D eigenvalue weighted by atomic mass is 10.1. The Morgan fingerprint density at radius 3 is 2.75 bits per heavy atom. The smallest absolute Gasteiger partial charge is 0.307 e. The highest BCUT2D eigenvalue weighted by Crippen LogP contribution is 2.24. The Morgan fingerprint density at radius 2 is 2.00 bits per heavy atom. The zero-order valence-electron chi connectivity index (χ0n) is 10.2. The summed E-state index contributed by atoms with van der Waals surface area (Å²) in [6.45, 7) is 0. The van der Waals surface area contributed by atoms with Crippen molar-refractivity contribution in [3.05, 3.63) is 57.2 Å². The van der Waals surface area contributed by atoms with Crippen LogP contribution < -0.4 is 5.43 Å². The molecule has 0 aliphatic rings. The molecule has 20 heavy (non-hydrogen) atoms. The lowest BCUT2D eigenvalue weighted by Crippen LogP contribution is -2.06. The fraction of sp³-hybridized carbons (Fsp3) is 0.0667. The Hall–Kier alpha value is -2.33. The molecule has 0 saturated heterocycles. The first kappa shape index (κ1) is 12.7. The van der Waals surface area contributed by atoms with Gasteiger partial charge < -0.3 is 9.52 Å². The molecule has 0 saturated carbocycles. The van der Waals surface area contributed by atoms with Gasteiger partial charge in [-0.25, -0.2) is 0 Å². The van der Waals surface area contributed by atoms with Crippen LogP contribution in [0.2, 0.25) is 5.02 Å². The normalized spacial score (nSPS) is 11.1. The maximum absolute atomic E-state index is 12.4. The van der Waals surface area contributed by atoms with E-state index < -0.39 is 5.97 Å². The summed E-state index contributed by atoms with van der Waals surface area (Å²) in [6.07, 6.45) is -0.202. The Kier molecular flexibility index (Phi) is 2.95. The van der Waals surface area contributed by atoms with E-state index in [9.17, 15) is 9.59 Å². The molecule has 4 nitrogen and oxygen atoms in total. The third-order valence-electron chi connectivity index (χ3n) is 3.08. The van der Waals surface area contributed by atoms with E-state index >= 15 is 0 Å². The van der Waals surface area contributed by atoms with Crippen LogP contribution in [0.1, 0.15) is 5.56 Å². The Labute approximate surface area is 118 Å². The summed E-state index contributed by atoms with van der Waals surface area (Å²) in [5.74, 6) is -0.980. The van der Waals surface area contributed by atoms with Gasteiger partial charge in [0.25, 0.3) is 0 Å². The van der Waals surface area contributed by atoms with Gasteiger partial charge in [-0.1, -0.05) is 23.7 Å². The van der Waals surface area contributed by atoms with Gasteiger partial charge in [-0.05, 0) is 18.2 Å². The second-order valence-electron chi connectivity index (χ2n) is 4.44. The SMILES string of the molecule is O=C(O)Cc1cccc2c(=O)c3ccc(Cl)cc3oc12. The average Bonchev–Trinajstić information content (AvgIpc) is 2.39. The van der Waals surface area contributed by atoms with Gasteiger partial charge in [0.15, 0.2) is 0 Å². The maximum atomic E-state index is 12.4. The molecule has 0 atom stereocenters. The number of carbonyl (C=O) groups is 1. The minimum Gasteiger partial charge on any atom is -0.481 e. The van der Waals surface area contributed by atoms with E-state index in [1.165, 1.54) is 0 Å². The van der Waals surface area contributed by atoms with Crippen molar-refractivity contribution in [3.8, 4) is 0 Å². The number of hydrogen-bond donors (Lipinski definition) is 1. The molecule has 0 bridgehead atoms. The van der Waals surface area contributed by atoms with Gasteiger partial charge in [-0.2, -0.15) is 0 Å². The van der Waals surface area contributed by atoms with Gasteiger partial charge in [0.05, 0.1) is 17.2 Å². The third kappa shape index (κ3) is 2.04. The number of aliphatic carboxylic acids is 1. The minimum atomic E-state index is -0.980. The molecule has 0 aliphatic heterocycles. The fourth-order valence-corrected chi connectivity index (χ4v) is 2.37. The molecule has 3 aromatic rings. The van der Waals surface area contributed by atoms with Crippen LogP contribution in [-0.2, 0) is 11.2 Å². The number of carboxylic acid groups (broad SMARTS) is 1. The van der Waals surface area contributed by atoms with Crippen molar-refractivity contribution in [1.29, 1.82) is 0 Å². The van der Waals surface area contributed by atoms with Crippen molar-refractivity contribution in [2.24, 2.45) is 0 Å². The molecule has 0 fully saturated rings. The van der Waals surface area contributed by atoms with Crippen LogP contribution in [0.3, 0.4) is 0 Å². The monoisotopic (exact) mass is 288 g/mol. The number of para-hydroxylation sites is 1. The fourth-order valence-electron chi connectivity index (χ4n) is 2.21. The van der Waals surface area contributed by atoms with E-state index in [4.69, 9.17) is 21.1 Å². The standard InChI is InChI=1S/C15H9ClO4/c16-9-4-5-10-12(7-9)20-15-8(6-13(17)18)2-1-3-11(15)14(10)19/h1-5,7H,6H2,(H,17,18). The number of benzene rings is 2. The van der Waals surface area contributed by atoms with Crippen molar-refractivity contribution < 1.29 is 14.3 Å². The molecule has 1 heterocycles. The van der Waals surface area contributed by atoms with Crippen LogP contribution in [0.15, 0.2) is 45.6 Å². The quantitative estimate of drug-likeness (QED) is 0.735. The summed E-state index contributed by atoms with van der Waals surface area (Å²) < 4.78 is 5.69. The van der Waals surface area contributed by atoms with E-state index in [0.29, 0.717) is 32.5 Å². The summed E-state index contributed by atoms with van der Waals surface area (Å²) >= 11 is 5.89. The zero-order chi connectivity index (χ0) is 14.3. The highest BCUT2D eigenvalue weighted by molar-refractivity contribution is 6.31. The maximum Gasteiger partial charge on any atom is 0.307 e. The summed E-state index contributed by atoms with van der Waals surface area (Å²) in [6, 6.07) is 9.69. The van der Waals surface area contributed by atoms with Gasteiger partial charge in [0.1, 0.15) is 11.2 Å². The molecule has 0 unspecified atom stereocenters. The number of rotatable bonds is 2. The molecular weight excluding hydrogens is 280 g/mol. The highest BCUT2D eigenvalue weighted by atomic mass is 35.5. The molecule has 3 rings (SSSR count). The van der Waals surface area contributed by atoms with Gasteiger partial charge >= 0.3 is 5.97 Å². The van der Waals surface area contributed by atoms with Crippen molar-refractivity contribution in [3.63, 3.8) is 0 Å². The molecule has 0 amide bonds. The van der Waals surface area contributed by atoms with Gasteiger partial charge in [-0.3, -0.25) is 9.59 Å². The summed E-state index contributed by atoms with van der Waals surface area (Å²) in [5, 5.41) is 10.2. The van der Waals surface area contributed by atoms with Crippen molar-refractivity contribution >= 4 is 39.5 Å². The number of halogens is 1. The largest absolute Gasteiger partial charge is 0.481 e. The van der Waals surface area contributed by atoms with Gasteiger partial charge in [0, 0.05) is 16.7 Å². The number of hydrogen-bond acceptors (Lipinski definition) is 3. The lowest BCUT2D eigenvalue weighted by Gasteiger charge is -2.05. The first-order valence-electron chi connectivity index (χ1n) is 5.92. The molecule has 2 aromatic carbocycles. The van der Waals surface area contributed by atoms with Gasteiger partial charge in [0.2, 0.25) is 5.43 Å². The summed E-state index contributed by atoms with van der Waals surface area (Å²) in [4.78, 5) is 23.3. The van der Waals surface area contributed by atoms with Gasteiger partial charge in [-0.15, -0.1) is 0 Å². The zero-order valence-corrected chi connectivity index (χ0v) is 11.0. The van der Waals surface area contributed by atoms with Crippen LogP contribution in [0.5, 0.6) is 0 Å². The van der Waals surface area contributed by atoms with E-state index in [2.05, 4.69) is 0 Å². The average molecular weight is 289 g/mol. The topological polar surface area (TPSA) is 67.5 Å². The van der Waals surface area contributed by atoms with Crippen LogP contribution in [0.4, 0.5) is 0 Å². The van der Waals surface area contributed by atoms with Crippen LogP contribution in [0, 0.1) is 0 Å². The molecule has 0 spiro atoms. The highest BCUT2D eigenvalue weighted by Gasteiger charge is 2.12. The number of fused-ring (bicyclic) bond motifs is 2. The molecule has 0 radical (unpaired) electrons. The second kappa shape index (κ2) is 4.65. The predicted octanol–water partition coefficient (Wildman–Crippen LogP) is 3.23. The van der Waals surface area contributed by atoms with E-state index in [1.54, 1.807) is 36.4 Å². The molecule has 0 aliphatic carbocycles. The first-order chi connectivity index (χ1) is 9.56. The number of carboxylic acids is 1. The molecule has 1 N–H and O–H groups in total. The minimum absolute atomic E-state index is 0.190. The second-order valence-corrected chi connectivity index (χ2v) is 4.87. The Bertz CT molecular complexity index is 895. The predicted molar refractivity (Wildman–Crippen MR) is 76.3 cm³/mol. The molecular formula is C15H9ClO4. The molecule has 5 heteroatoms. The van der Waals surface area contributed by atoms with E-state index in [1.807, 2.05) is 0 Å². The van der Waals surface area contributed by atoms with Crippen LogP contribution in [-0.4, -0.2) is 11.1 Å². The van der Waals surface area contributed by atoms with Crippen LogP contribution >= 0.6 is 11.6 Å². The van der Waals surface area contributed by atoms with Crippen molar-refractivity contribution in [2.45, 2.75) is 6.42 Å². The van der Waals surface area contributed by atoms with E-state index in [-0.39, 0.29) is 11.8 Å². The van der Waals surface area contributed by atoms with E-state index in [0.717, 1.165) is 0 Å². The Morgan fingerprint density at radius 1 is 1.20 bits per heavy atom. The summed E-state index contributed by atoms with van der Waals surface area (Å²) in [7, 11) is 0. The lowest BCUT2D eigenvalue weighted by molar-refractivity contribution is -0.136.